The minimum Gasteiger partial charge on any atom is -0.396 e. The first-order valence-corrected chi connectivity index (χ1v) is 7.15. The predicted molar refractivity (Wildman–Crippen MR) is 76.2 cm³/mol. The Labute approximate surface area is 112 Å². The summed E-state index contributed by atoms with van der Waals surface area (Å²) in [5, 5.41) is 9.59. The summed E-state index contributed by atoms with van der Waals surface area (Å²) in [7, 11) is 0. The third-order valence-electron chi connectivity index (χ3n) is 3.41. The van der Waals surface area contributed by atoms with Gasteiger partial charge in [0.25, 0.3) is 0 Å². The molecule has 0 radical (unpaired) electrons. The van der Waals surface area contributed by atoms with Crippen LogP contribution in [0.1, 0.15) is 34.0 Å². The third kappa shape index (κ3) is 2.98. The van der Waals surface area contributed by atoms with Gasteiger partial charge in [-0.25, -0.2) is 4.98 Å². The second kappa shape index (κ2) is 6.12. The normalized spacial score (nSPS) is 12.6. The van der Waals surface area contributed by atoms with Gasteiger partial charge in [-0.3, -0.25) is 0 Å². The van der Waals surface area contributed by atoms with Gasteiger partial charge in [0.2, 0.25) is 0 Å². The number of rotatable bonds is 5. The second-order valence-electron chi connectivity index (χ2n) is 4.64. The summed E-state index contributed by atoms with van der Waals surface area (Å²) in [6, 6.07) is 8.31. The summed E-state index contributed by atoms with van der Waals surface area (Å²) in [6.45, 7) is 4.37. The molecular formula is C15H19NOS. The van der Waals surface area contributed by atoms with E-state index in [1.807, 2.05) is 24.6 Å². The van der Waals surface area contributed by atoms with E-state index < -0.39 is 0 Å². The van der Waals surface area contributed by atoms with E-state index in [9.17, 15) is 5.11 Å². The first-order valence-electron chi connectivity index (χ1n) is 6.27. The summed E-state index contributed by atoms with van der Waals surface area (Å²) in [5.74, 6) is 0.229. The van der Waals surface area contributed by atoms with Crippen molar-refractivity contribution in [3.8, 4) is 0 Å². The van der Waals surface area contributed by atoms with E-state index in [4.69, 9.17) is 0 Å². The molecule has 18 heavy (non-hydrogen) atoms. The first kappa shape index (κ1) is 13.2. The molecule has 3 heteroatoms. The molecule has 0 amide bonds. The number of benzene rings is 1. The zero-order chi connectivity index (χ0) is 13.0. The quantitative estimate of drug-likeness (QED) is 0.894. The van der Waals surface area contributed by atoms with Crippen molar-refractivity contribution in [2.75, 3.05) is 6.61 Å². The number of aliphatic hydroxyl groups is 1. The fourth-order valence-corrected chi connectivity index (χ4v) is 3.06. The van der Waals surface area contributed by atoms with Crippen molar-refractivity contribution in [3.05, 3.63) is 51.5 Å². The fourth-order valence-electron chi connectivity index (χ4n) is 2.26. The molecule has 0 saturated heterocycles. The van der Waals surface area contributed by atoms with E-state index in [2.05, 4.69) is 24.0 Å². The lowest BCUT2D eigenvalue weighted by Gasteiger charge is -2.16. The second-order valence-corrected chi connectivity index (χ2v) is 5.58. The van der Waals surface area contributed by atoms with Crippen molar-refractivity contribution in [1.29, 1.82) is 0 Å². The number of thiazole rings is 1. The van der Waals surface area contributed by atoms with Gasteiger partial charge in [0, 0.05) is 17.4 Å². The van der Waals surface area contributed by atoms with Crippen LogP contribution in [0.4, 0.5) is 0 Å². The number of aromatic nitrogens is 1. The van der Waals surface area contributed by atoms with Crippen LogP contribution in [0.15, 0.2) is 29.8 Å². The van der Waals surface area contributed by atoms with E-state index in [0.29, 0.717) is 0 Å². The Morgan fingerprint density at radius 2 is 2.06 bits per heavy atom. The van der Waals surface area contributed by atoms with E-state index in [-0.39, 0.29) is 12.5 Å². The maximum absolute atomic E-state index is 9.59. The zero-order valence-electron chi connectivity index (χ0n) is 10.9. The highest BCUT2D eigenvalue weighted by Crippen LogP contribution is 2.26. The van der Waals surface area contributed by atoms with Gasteiger partial charge in [0.1, 0.15) is 0 Å². The molecule has 1 N–H and O–H groups in total. The minimum atomic E-state index is 0.211. The van der Waals surface area contributed by atoms with Crippen LogP contribution >= 0.6 is 11.3 Å². The lowest BCUT2D eigenvalue weighted by molar-refractivity contribution is 0.259. The van der Waals surface area contributed by atoms with Crippen LogP contribution in [0.3, 0.4) is 0 Å². The van der Waals surface area contributed by atoms with E-state index >= 15 is 0 Å². The van der Waals surface area contributed by atoms with Crippen LogP contribution in [0.2, 0.25) is 0 Å². The molecule has 2 rings (SSSR count). The molecule has 1 heterocycles. The van der Waals surface area contributed by atoms with Crippen LogP contribution in [0, 0.1) is 13.8 Å². The van der Waals surface area contributed by atoms with Crippen LogP contribution in [-0.4, -0.2) is 16.7 Å². The highest BCUT2D eigenvalue weighted by Gasteiger charge is 2.13. The molecule has 2 aromatic rings. The average Bonchev–Trinajstić information content (AvgIpc) is 2.78. The fraction of sp³-hybridized carbons (Fsp3) is 0.400. The summed E-state index contributed by atoms with van der Waals surface area (Å²) >= 11 is 1.71. The van der Waals surface area contributed by atoms with Gasteiger partial charge >= 0.3 is 0 Å². The van der Waals surface area contributed by atoms with Crippen LogP contribution in [0.25, 0.3) is 0 Å². The van der Waals surface area contributed by atoms with Crippen molar-refractivity contribution in [3.63, 3.8) is 0 Å². The number of hydrogen-bond donors (Lipinski definition) is 1. The van der Waals surface area contributed by atoms with E-state index in [1.54, 1.807) is 11.3 Å². The number of aliphatic hydroxyl groups excluding tert-OH is 1. The standard InChI is InChI=1S/C15H19NOS/c1-11-5-3-4-6-14(11)13(9-17)7-8-15-12(2)16-10-18-15/h3-6,10,13,17H,7-9H2,1-2H3. The monoisotopic (exact) mass is 261 g/mol. The van der Waals surface area contributed by atoms with Gasteiger partial charge in [0.15, 0.2) is 0 Å². The summed E-state index contributed by atoms with van der Waals surface area (Å²) < 4.78 is 0. The largest absolute Gasteiger partial charge is 0.396 e. The molecule has 0 bridgehead atoms. The van der Waals surface area contributed by atoms with Gasteiger partial charge in [0.05, 0.1) is 11.2 Å². The SMILES string of the molecule is Cc1ccccc1C(CO)CCc1scnc1C. The van der Waals surface area contributed by atoms with Crippen molar-refractivity contribution >= 4 is 11.3 Å². The van der Waals surface area contributed by atoms with Gasteiger partial charge in [-0.2, -0.15) is 0 Å². The summed E-state index contributed by atoms with van der Waals surface area (Å²) in [6.07, 6.45) is 1.97. The highest BCUT2D eigenvalue weighted by atomic mass is 32.1. The molecule has 0 spiro atoms. The molecule has 1 aromatic carbocycles. The topological polar surface area (TPSA) is 33.1 Å². The highest BCUT2D eigenvalue weighted by molar-refractivity contribution is 7.09. The van der Waals surface area contributed by atoms with Crippen molar-refractivity contribution in [1.82, 2.24) is 4.98 Å². The Hall–Kier alpha value is -1.19. The lowest BCUT2D eigenvalue weighted by atomic mass is 9.91. The predicted octanol–water partition coefficient (Wildman–Crippen LogP) is 3.47. The minimum absolute atomic E-state index is 0.211. The number of nitrogens with zero attached hydrogens (tertiary/aromatic N) is 1. The molecule has 2 nitrogen and oxygen atoms in total. The molecule has 1 unspecified atom stereocenters. The Bertz CT molecular complexity index is 507. The molecule has 0 aliphatic heterocycles. The van der Waals surface area contributed by atoms with Crippen molar-refractivity contribution < 1.29 is 5.11 Å². The van der Waals surface area contributed by atoms with E-state index in [1.165, 1.54) is 16.0 Å². The molecular weight excluding hydrogens is 242 g/mol. The molecule has 0 aliphatic rings. The number of aryl methyl sites for hydroxylation is 3. The average molecular weight is 261 g/mol. The Morgan fingerprint density at radius 3 is 2.67 bits per heavy atom. The molecule has 0 saturated carbocycles. The Kier molecular flexibility index (Phi) is 4.50. The van der Waals surface area contributed by atoms with Gasteiger partial charge < -0.3 is 5.11 Å². The van der Waals surface area contributed by atoms with E-state index in [0.717, 1.165) is 18.5 Å². The lowest BCUT2D eigenvalue weighted by Crippen LogP contribution is -2.07. The van der Waals surface area contributed by atoms with Crippen LogP contribution in [-0.2, 0) is 6.42 Å². The number of hydrogen-bond acceptors (Lipinski definition) is 3. The maximum atomic E-state index is 9.59. The van der Waals surface area contributed by atoms with Crippen LogP contribution in [0.5, 0.6) is 0 Å². The molecule has 1 aromatic heterocycles. The first-order chi connectivity index (χ1) is 8.72. The molecule has 0 aliphatic carbocycles. The van der Waals surface area contributed by atoms with Gasteiger partial charge in [-0.05, 0) is 37.8 Å². The van der Waals surface area contributed by atoms with Crippen molar-refractivity contribution in [2.45, 2.75) is 32.6 Å². The Morgan fingerprint density at radius 1 is 1.28 bits per heavy atom. The Balaban J connectivity index is 2.07. The summed E-state index contributed by atoms with van der Waals surface area (Å²) in [5.41, 5.74) is 5.55. The van der Waals surface area contributed by atoms with Crippen molar-refractivity contribution in [2.24, 2.45) is 0 Å². The van der Waals surface area contributed by atoms with Gasteiger partial charge in [-0.1, -0.05) is 24.3 Å². The van der Waals surface area contributed by atoms with Gasteiger partial charge in [-0.15, -0.1) is 11.3 Å². The van der Waals surface area contributed by atoms with Crippen LogP contribution < -0.4 is 0 Å². The summed E-state index contributed by atoms with van der Waals surface area (Å²) in [4.78, 5) is 5.60. The third-order valence-corrected chi connectivity index (χ3v) is 4.41. The smallest absolute Gasteiger partial charge is 0.0797 e. The maximum Gasteiger partial charge on any atom is 0.0797 e. The zero-order valence-corrected chi connectivity index (χ0v) is 11.7. The molecule has 0 fully saturated rings. The molecule has 1 atom stereocenters. The molecule has 96 valence electrons.